The third-order valence-corrected chi connectivity index (χ3v) is 4.75. The normalized spacial score (nSPS) is 11.3. The van der Waals surface area contributed by atoms with Gasteiger partial charge in [-0.3, -0.25) is 4.79 Å². The van der Waals surface area contributed by atoms with Gasteiger partial charge in [0.2, 0.25) is 0 Å². The van der Waals surface area contributed by atoms with E-state index in [1.165, 1.54) is 16.8 Å². The van der Waals surface area contributed by atoms with Gasteiger partial charge in [-0.25, -0.2) is 9.07 Å². The minimum absolute atomic E-state index is 0.214. The van der Waals surface area contributed by atoms with Crippen molar-refractivity contribution in [1.82, 2.24) is 14.3 Å². The zero-order chi connectivity index (χ0) is 19.1. The van der Waals surface area contributed by atoms with Gasteiger partial charge in [-0.2, -0.15) is 5.10 Å². The van der Waals surface area contributed by atoms with Crippen LogP contribution < -0.4 is 15.0 Å². The molecular formula is C20H18FN3O3. The van der Waals surface area contributed by atoms with Crippen LogP contribution in [0.3, 0.4) is 0 Å². The third kappa shape index (κ3) is 2.71. The van der Waals surface area contributed by atoms with Crippen molar-refractivity contribution in [3.63, 3.8) is 0 Å². The molecular weight excluding hydrogens is 349 g/mol. The number of aryl methyl sites for hydroxylation is 1. The van der Waals surface area contributed by atoms with Crippen LogP contribution in [0.4, 0.5) is 4.39 Å². The van der Waals surface area contributed by atoms with Gasteiger partial charge in [0.25, 0.3) is 5.56 Å². The fraction of sp³-hybridized carbons (Fsp3) is 0.200. The Morgan fingerprint density at radius 3 is 2.37 bits per heavy atom. The average molecular weight is 367 g/mol. The zero-order valence-corrected chi connectivity index (χ0v) is 15.2. The highest BCUT2D eigenvalue weighted by molar-refractivity contribution is 6.08. The minimum atomic E-state index is -0.314. The highest BCUT2D eigenvalue weighted by atomic mass is 19.1. The maximum absolute atomic E-state index is 13.1. The van der Waals surface area contributed by atoms with Crippen LogP contribution in [0, 0.1) is 5.82 Å². The lowest BCUT2D eigenvalue weighted by Gasteiger charge is -2.08. The van der Waals surface area contributed by atoms with E-state index in [1.54, 1.807) is 32.5 Å². The van der Waals surface area contributed by atoms with E-state index in [1.807, 2.05) is 23.7 Å². The second kappa shape index (κ2) is 6.42. The van der Waals surface area contributed by atoms with Crippen LogP contribution in [0.15, 0.2) is 47.4 Å². The molecule has 2 heterocycles. The Morgan fingerprint density at radius 1 is 1.04 bits per heavy atom. The molecule has 0 saturated heterocycles. The van der Waals surface area contributed by atoms with Gasteiger partial charge in [0.05, 0.1) is 32.5 Å². The molecule has 27 heavy (non-hydrogen) atoms. The molecule has 0 N–H and O–H groups in total. The molecule has 0 atom stereocenters. The molecule has 4 aromatic rings. The first-order chi connectivity index (χ1) is 13.0. The van der Waals surface area contributed by atoms with Crippen molar-refractivity contribution in [3.8, 4) is 11.5 Å². The number of rotatable bonds is 4. The van der Waals surface area contributed by atoms with Gasteiger partial charge in [-0.05, 0) is 23.8 Å². The molecule has 4 rings (SSSR count). The van der Waals surface area contributed by atoms with Gasteiger partial charge in [0, 0.05) is 23.9 Å². The summed E-state index contributed by atoms with van der Waals surface area (Å²) in [5.41, 5.74) is 1.97. The summed E-state index contributed by atoms with van der Waals surface area (Å²) in [6, 6.07) is 9.72. The van der Waals surface area contributed by atoms with Crippen LogP contribution in [0.25, 0.3) is 21.8 Å². The first kappa shape index (κ1) is 17.1. The summed E-state index contributed by atoms with van der Waals surface area (Å²) in [5.74, 6) is 0.870. The molecule has 0 saturated carbocycles. The maximum Gasteiger partial charge on any atom is 0.291 e. The van der Waals surface area contributed by atoms with Crippen molar-refractivity contribution in [1.29, 1.82) is 0 Å². The zero-order valence-electron chi connectivity index (χ0n) is 15.2. The Hall–Kier alpha value is -3.35. The molecule has 0 unspecified atom stereocenters. The predicted octanol–water partition coefficient (Wildman–Crippen LogP) is 3.09. The Bertz CT molecular complexity index is 1210. The molecule has 0 fully saturated rings. The largest absolute Gasteiger partial charge is 0.493 e. The van der Waals surface area contributed by atoms with E-state index < -0.39 is 0 Å². The summed E-state index contributed by atoms with van der Waals surface area (Å²) in [6.45, 7) is 0.267. The van der Waals surface area contributed by atoms with Gasteiger partial charge in [0.1, 0.15) is 11.3 Å². The Balaban J connectivity index is 1.92. The number of nitrogens with zero attached hydrogens (tertiary/aromatic N) is 3. The third-order valence-electron chi connectivity index (χ3n) is 4.75. The van der Waals surface area contributed by atoms with E-state index in [0.29, 0.717) is 17.0 Å². The van der Waals surface area contributed by atoms with Crippen molar-refractivity contribution in [3.05, 3.63) is 64.3 Å². The number of halogens is 1. The van der Waals surface area contributed by atoms with Gasteiger partial charge >= 0.3 is 0 Å². The van der Waals surface area contributed by atoms with E-state index in [2.05, 4.69) is 5.10 Å². The first-order valence-corrected chi connectivity index (χ1v) is 8.38. The van der Waals surface area contributed by atoms with Crippen LogP contribution in [0.5, 0.6) is 11.5 Å². The molecule has 2 aromatic carbocycles. The second-order valence-corrected chi connectivity index (χ2v) is 6.28. The van der Waals surface area contributed by atoms with Crippen molar-refractivity contribution in [2.24, 2.45) is 7.05 Å². The second-order valence-electron chi connectivity index (χ2n) is 6.28. The van der Waals surface area contributed by atoms with E-state index in [-0.39, 0.29) is 17.9 Å². The summed E-state index contributed by atoms with van der Waals surface area (Å²) < 4.78 is 27.1. The lowest BCUT2D eigenvalue weighted by atomic mass is 10.2. The number of hydrogen-bond acceptors (Lipinski definition) is 4. The average Bonchev–Trinajstić information content (AvgIpc) is 2.96. The van der Waals surface area contributed by atoms with E-state index in [0.717, 1.165) is 21.9 Å². The van der Waals surface area contributed by atoms with E-state index in [9.17, 15) is 9.18 Å². The van der Waals surface area contributed by atoms with E-state index in [4.69, 9.17) is 9.47 Å². The number of hydrogen-bond donors (Lipinski definition) is 0. The molecule has 0 aliphatic rings. The summed E-state index contributed by atoms with van der Waals surface area (Å²) in [5, 5.41) is 5.92. The molecule has 6 nitrogen and oxygen atoms in total. The number of aromatic nitrogens is 3. The van der Waals surface area contributed by atoms with Crippen molar-refractivity contribution >= 4 is 21.8 Å². The van der Waals surface area contributed by atoms with Crippen molar-refractivity contribution in [2.45, 2.75) is 6.54 Å². The summed E-state index contributed by atoms with van der Waals surface area (Å²) in [7, 11) is 4.98. The summed E-state index contributed by atoms with van der Waals surface area (Å²) in [4.78, 5) is 13.0. The lowest BCUT2D eigenvalue weighted by Crippen LogP contribution is -2.24. The quantitative estimate of drug-likeness (QED) is 0.556. The van der Waals surface area contributed by atoms with Crippen LogP contribution in [-0.2, 0) is 13.6 Å². The van der Waals surface area contributed by atoms with Crippen molar-refractivity contribution in [2.75, 3.05) is 14.2 Å². The Morgan fingerprint density at radius 2 is 1.70 bits per heavy atom. The summed E-state index contributed by atoms with van der Waals surface area (Å²) >= 11 is 0. The molecule has 0 aliphatic carbocycles. The van der Waals surface area contributed by atoms with Gasteiger partial charge < -0.3 is 14.0 Å². The van der Waals surface area contributed by atoms with E-state index >= 15 is 0 Å². The number of fused-ring (bicyclic) bond motifs is 3. The number of ether oxygens (including phenoxy) is 2. The molecule has 0 amide bonds. The minimum Gasteiger partial charge on any atom is -0.493 e. The number of methoxy groups -OCH3 is 2. The fourth-order valence-electron chi connectivity index (χ4n) is 3.36. The molecule has 7 heteroatoms. The monoisotopic (exact) mass is 367 g/mol. The van der Waals surface area contributed by atoms with Gasteiger partial charge in [-0.15, -0.1) is 0 Å². The van der Waals surface area contributed by atoms with Crippen LogP contribution >= 0.6 is 0 Å². The highest BCUT2D eigenvalue weighted by Gasteiger charge is 2.17. The van der Waals surface area contributed by atoms with Crippen LogP contribution in [0.2, 0.25) is 0 Å². The van der Waals surface area contributed by atoms with Crippen molar-refractivity contribution < 1.29 is 13.9 Å². The Labute approximate surface area is 154 Å². The van der Waals surface area contributed by atoms with Crippen LogP contribution in [-0.4, -0.2) is 28.6 Å². The molecule has 138 valence electrons. The predicted molar refractivity (Wildman–Crippen MR) is 101 cm³/mol. The lowest BCUT2D eigenvalue weighted by molar-refractivity contribution is 0.356. The molecule has 0 aliphatic heterocycles. The smallest absolute Gasteiger partial charge is 0.291 e. The standard InChI is InChI=1S/C20H18FN3O3/c1-23-16-9-18(27-3)17(26-2)8-14(16)15-10-22-24(20(25)19(15)23)11-12-4-6-13(21)7-5-12/h4-10H,11H2,1-3H3. The van der Waals surface area contributed by atoms with Crippen LogP contribution in [0.1, 0.15) is 5.56 Å². The molecule has 2 aromatic heterocycles. The fourth-order valence-corrected chi connectivity index (χ4v) is 3.36. The summed E-state index contributed by atoms with van der Waals surface area (Å²) in [6.07, 6.45) is 1.68. The van der Waals surface area contributed by atoms with Gasteiger partial charge in [0.15, 0.2) is 11.5 Å². The highest BCUT2D eigenvalue weighted by Crippen LogP contribution is 2.36. The Kier molecular flexibility index (Phi) is 4.07. The number of benzene rings is 2. The van der Waals surface area contributed by atoms with Gasteiger partial charge in [-0.1, -0.05) is 12.1 Å². The maximum atomic E-state index is 13.1. The topological polar surface area (TPSA) is 58.3 Å². The molecule has 0 radical (unpaired) electrons. The molecule has 0 bridgehead atoms. The SMILES string of the molecule is COc1cc2c3cnn(Cc4ccc(F)cc4)c(=O)c3n(C)c2cc1OC. The first-order valence-electron chi connectivity index (χ1n) is 8.38. The molecule has 0 spiro atoms.